The van der Waals surface area contributed by atoms with Gasteiger partial charge in [0.1, 0.15) is 17.8 Å². The van der Waals surface area contributed by atoms with E-state index in [1.807, 2.05) is 30.3 Å². The van der Waals surface area contributed by atoms with Crippen molar-refractivity contribution in [3.63, 3.8) is 0 Å². The SMILES string of the molecule is CC(C)[C@H](NC(=O)COc1cccc2ccccc12)C(=O)N[C@@H](CC(=O)O)C(=O)COC(=O)c1c(Cl)cccc1Cl. The maximum atomic E-state index is 13.1. The summed E-state index contributed by atoms with van der Waals surface area (Å²) < 4.78 is 10.7. The van der Waals surface area contributed by atoms with E-state index >= 15 is 0 Å². The molecular weight excluding hydrogens is 575 g/mol. The molecule has 0 aliphatic rings. The van der Waals surface area contributed by atoms with Gasteiger partial charge >= 0.3 is 11.9 Å². The first-order valence-electron chi connectivity index (χ1n) is 12.5. The number of halogens is 2. The first-order chi connectivity index (χ1) is 19.5. The van der Waals surface area contributed by atoms with Gasteiger partial charge in [0.25, 0.3) is 5.91 Å². The van der Waals surface area contributed by atoms with Crippen LogP contribution in [-0.4, -0.2) is 59.9 Å². The van der Waals surface area contributed by atoms with E-state index in [-0.39, 0.29) is 22.2 Å². The third kappa shape index (κ3) is 8.67. The maximum Gasteiger partial charge on any atom is 0.341 e. The first-order valence-corrected chi connectivity index (χ1v) is 13.3. The third-order valence-electron chi connectivity index (χ3n) is 5.97. The lowest BCUT2D eigenvalue weighted by Crippen LogP contribution is -2.55. The summed E-state index contributed by atoms with van der Waals surface area (Å²) in [4.78, 5) is 62.3. The fourth-order valence-corrected chi connectivity index (χ4v) is 4.45. The number of amides is 2. The van der Waals surface area contributed by atoms with Crippen LogP contribution in [0.2, 0.25) is 10.0 Å². The van der Waals surface area contributed by atoms with Gasteiger partial charge in [0.2, 0.25) is 5.91 Å². The van der Waals surface area contributed by atoms with Crippen molar-refractivity contribution in [2.24, 2.45) is 5.92 Å². The van der Waals surface area contributed by atoms with Gasteiger partial charge in [-0.25, -0.2) is 4.79 Å². The fraction of sp³-hybridized carbons (Fsp3) is 0.276. The van der Waals surface area contributed by atoms with Crippen molar-refractivity contribution in [3.8, 4) is 5.75 Å². The molecule has 0 spiro atoms. The predicted octanol–water partition coefficient (Wildman–Crippen LogP) is 4.05. The lowest BCUT2D eigenvalue weighted by molar-refractivity contribution is -0.141. The monoisotopic (exact) mass is 602 g/mol. The number of carboxylic acids is 1. The van der Waals surface area contributed by atoms with E-state index in [4.69, 9.17) is 32.7 Å². The lowest BCUT2D eigenvalue weighted by Gasteiger charge is -2.24. The van der Waals surface area contributed by atoms with E-state index in [9.17, 15) is 29.1 Å². The van der Waals surface area contributed by atoms with Crippen LogP contribution in [0, 0.1) is 5.92 Å². The quantitative estimate of drug-likeness (QED) is 0.248. The molecule has 3 aromatic rings. The van der Waals surface area contributed by atoms with Crippen LogP contribution < -0.4 is 15.4 Å². The van der Waals surface area contributed by atoms with Gasteiger partial charge in [-0.05, 0) is 29.5 Å². The predicted molar refractivity (Wildman–Crippen MR) is 152 cm³/mol. The van der Waals surface area contributed by atoms with Crippen LogP contribution in [0.25, 0.3) is 10.8 Å². The molecule has 10 nitrogen and oxygen atoms in total. The van der Waals surface area contributed by atoms with Crippen molar-refractivity contribution in [2.75, 3.05) is 13.2 Å². The van der Waals surface area contributed by atoms with E-state index in [1.165, 1.54) is 18.2 Å². The Balaban J connectivity index is 1.63. The number of carbonyl (C=O) groups excluding carboxylic acids is 4. The molecule has 216 valence electrons. The molecule has 3 aromatic carbocycles. The second-order valence-electron chi connectivity index (χ2n) is 9.35. The van der Waals surface area contributed by atoms with E-state index < -0.39 is 60.6 Å². The molecule has 0 aliphatic heterocycles. The Hall–Kier alpha value is -4.15. The summed E-state index contributed by atoms with van der Waals surface area (Å²) in [6.07, 6.45) is -0.780. The van der Waals surface area contributed by atoms with Gasteiger partial charge in [0.05, 0.1) is 22.0 Å². The number of nitrogens with one attached hydrogen (secondary N) is 2. The smallest absolute Gasteiger partial charge is 0.341 e. The normalized spacial score (nSPS) is 12.3. The number of benzene rings is 3. The number of rotatable bonds is 13. The standard InChI is InChI=1S/C29H28Cl2N2O8/c1-16(2)27(33-24(35)15-40-23-12-5-8-17-7-3-4-9-18(17)23)28(38)32-21(13-25(36)37)22(34)14-41-29(39)26-19(30)10-6-11-20(26)31/h3-12,16,21,27H,13-15H2,1-2H3,(H,32,38)(H,33,35)(H,36,37)/t21-,27-/m0/s1. The summed E-state index contributed by atoms with van der Waals surface area (Å²) in [5, 5.41) is 16.0. The second-order valence-corrected chi connectivity index (χ2v) is 10.2. The van der Waals surface area contributed by atoms with E-state index in [0.29, 0.717) is 5.75 Å². The molecule has 0 aliphatic carbocycles. The van der Waals surface area contributed by atoms with Crippen LogP contribution in [-0.2, 0) is 23.9 Å². The number of esters is 1. The second kappa shape index (κ2) is 14.5. The van der Waals surface area contributed by atoms with Gasteiger partial charge in [0.15, 0.2) is 19.0 Å². The van der Waals surface area contributed by atoms with Gasteiger partial charge in [0, 0.05) is 5.39 Å². The molecule has 0 unspecified atom stereocenters. The molecule has 3 rings (SSSR count). The molecule has 2 amide bonds. The molecule has 3 N–H and O–H groups in total. The molecule has 0 heterocycles. The Labute approximate surface area is 245 Å². The topological polar surface area (TPSA) is 148 Å². The summed E-state index contributed by atoms with van der Waals surface area (Å²) in [6.45, 7) is 2.09. The number of hydrogen-bond donors (Lipinski definition) is 3. The highest BCUT2D eigenvalue weighted by Crippen LogP contribution is 2.26. The molecule has 0 aromatic heterocycles. The van der Waals surface area contributed by atoms with Crippen molar-refractivity contribution in [3.05, 3.63) is 76.3 Å². The van der Waals surface area contributed by atoms with Crippen LogP contribution in [0.1, 0.15) is 30.6 Å². The average molecular weight is 603 g/mol. The minimum atomic E-state index is -1.54. The van der Waals surface area contributed by atoms with Crippen LogP contribution in [0.5, 0.6) is 5.75 Å². The van der Waals surface area contributed by atoms with Gasteiger partial charge in [-0.3, -0.25) is 19.2 Å². The molecule has 0 saturated carbocycles. The largest absolute Gasteiger partial charge is 0.483 e. The third-order valence-corrected chi connectivity index (χ3v) is 6.60. The average Bonchev–Trinajstić information content (AvgIpc) is 2.92. The molecule has 41 heavy (non-hydrogen) atoms. The van der Waals surface area contributed by atoms with Gasteiger partial charge in [-0.1, -0.05) is 79.5 Å². The van der Waals surface area contributed by atoms with Crippen LogP contribution in [0.3, 0.4) is 0 Å². The molecule has 0 radical (unpaired) electrons. The Morgan fingerprint density at radius 2 is 1.49 bits per heavy atom. The minimum Gasteiger partial charge on any atom is -0.483 e. The zero-order valence-electron chi connectivity index (χ0n) is 22.2. The number of carboxylic acid groups (broad SMARTS) is 1. The van der Waals surface area contributed by atoms with Crippen molar-refractivity contribution < 1.29 is 38.6 Å². The zero-order chi connectivity index (χ0) is 30.1. The number of hydrogen-bond acceptors (Lipinski definition) is 7. The van der Waals surface area contributed by atoms with Gasteiger partial charge in [-0.15, -0.1) is 0 Å². The Morgan fingerprint density at radius 3 is 2.15 bits per heavy atom. The zero-order valence-corrected chi connectivity index (χ0v) is 23.7. The summed E-state index contributed by atoms with van der Waals surface area (Å²) in [7, 11) is 0. The van der Waals surface area contributed by atoms with E-state index in [2.05, 4.69) is 10.6 Å². The Morgan fingerprint density at radius 1 is 0.854 bits per heavy atom. The van der Waals surface area contributed by atoms with Crippen LogP contribution in [0.4, 0.5) is 0 Å². The highest BCUT2D eigenvalue weighted by atomic mass is 35.5. The number of aliphatic carboxylic acids is 1. The number of fused-ring (bicyclic) bond motifs is 1. The first kappa shape index (κ1) is 31.4. The molecular formula is C29H28Cl2N2O8. The number of carbonyl (C=O) groups is 5. The van der Waals surface area contributed by atoms with E-state index in [1.54, 1.807) is 26.0 Å². The molecule has 12 heteroatoms. The molecule has 0 fully saturated rings. The summed E-state index contributed by atoms with van der Waals surface area (Å²) in [6, 6.07) is 14.6. The van der Waals surface area contributed by atoms with Gasteiger partial charge in [-0.2, -0.15) is 0 Å². The Kier molecular flexibility index (Phi) is 11.1. The summed E-state index contributed by atoms with van der Waals surface area (Å²) in [5.41, 5.74) is -0.157. The summed E-state index contributed by atoms with van der Waals surface area (Å²) >= 11 is 12.0. The van der Waals surface area contributed by atoms with Crippen LogP contribution in [0.15, 0.2) is 60.7 Å². The number of ketones is 1. The van der Waals surface area contributed by atoms with Crippen molar-refractivity contribution in [1.82, 2.24) is 10.6 Å². The highest BCUT2D eigenvalue weighted by Gasteiger charge is 2.31. The number of Topliss-reactive ketones (excluding diaryl/α,β-unsaturated/α-hetero) is 1. The molecule has 2 atom stereocenters. The Bertz CT molecular complexity index is 1430. The molecule has 0 bridgehead atoms. The van der Waals surface area contributed by atoms with Crippen molar-refractivity contribution in [2.45, 2.75) is 32.4 Å². The van der Waals surface area contributed by atoms with Crippen molar-refractivity contribution in [1.29, 1.82) is 0 Å². The highest BCUT2D eigenvalue weighted by molar-refractivity contribution is 6.39. The summed E-state index contributed by atoms with van der Waals surface area (Å²) in [5.74, 6) is -4.59. The molecule has 0 saturated heterocycles. The van der Waals surface area contributed by atoms with Gasteiger partial charge < -0.3 is 25.2 Å². The minimum absolute atomic E-state index is 0.00489. The fourth-order valence-electron chi connectivity index (χ4n) is 3.90. The maximum absolute atomic E-state index is 13.1. The lowest BCUT2D eigenvalue weighted by atomic mass is 10.0. The van der Waals surface area contributed by atoms with Crippen LogP contribution >= 0.6 is 23.2 Å². The van der Waals surface area contributed by atoms with Crippen molar-refractivity contribution >= 4 is 63.5 Å². The van der Waals surface area contributed by atoms with E-state index in [0.717, 1.165) is 10.8 Å². The number of ether oxygens (including phenoxy) is 2.